The van der Waals surface area contributed by atoms with Crippen LogP contribution in [-0.2, 0) is 6.18 Å². The molecule has 0 saturated carbocycles. The molecule has 1 aromatic heterocycles. The molecule has 0 aliphatic heterocycles. The fourth-order valence-corrected chi connectivity index (χ4v) is 2.17. The van der Waals surface area contributed by atoms with Gasteiger partial charge in [-0.25, -0.2) is 9.98 Å². The van der Waals surface area contributed by atoms with Crippen molar-refractivity contribution in [2.24, 2.45) is 4.99 Å². The van der Waals surface area contributed by atoms with Crippen LogP contribution >= 0.6 is 0 Å². The molecule has 0 spiro atoms. The molecule has 1 heterocycles. The highest BCUT2D eigenvalue weighted by molar-refractivity contribution is 6.13. The number of halogens is 3. The molecule has 120 valence electrons. The summed E-state index contributed by atoms with van der Waals surface area (Å²) >= 11 is 0. The third-order valence-electron chi connectivity index (χ3n) is 3.31. The lowest BCUT2D eigenvalue weighted by Gasteiger charge is -2.10. The highest BCUT2D eigenvalue weighted by Gasteiger charge is 2.30. The van der Waals surface area contributed by atoms with Crippen molar-refractivity contribution >= 4 is 11.5 Å². The van der Waals surface area contributed by atoms with Crippen LogP contribution < -0.4 is 0 Å². The van der Waals surface area contributed by atoms with Crippen LogP contribution in [0, 0.1) is 0 Å². The third-order valence-corrected chi connectivity index (χ3v) is 3.31. The summed E-state index contributed by atoms with van der Waals surface area (Å²) in [6.07, 6.45) is 0.161. The van der Waals surface area contributed by atoms with Crippen molar-refractivity contribution in [1.29, 1.82) is 0 Å². The normalized spacial score (nSPS) is 12.2. The van der Waals surface area contributed by atoms with Gasteiger partial charge in [-0.05, 0) is 12.1 Å². The molecule has 3 rings (SSSR count). The molecule has 3 nitrogen and oxygen atoms in total. The first kappa shape index (κ1) is 15.9. The van der Waals surface area contributed by atoms with Gasteiger partial charge in [0.25, 0.3) is 0 Å². The van der Waals surface area contributed by atoms with E-state index in [0.29, 0.717) is 17.1 Å². The lowest BCUT2D eigenvalue weighted by atomic mass is 10.0. The lowest BCUT2D eigenvalue weighted by Crippen LogP contribution is -2.07. The first-order chi connectivity index (χ1) is 11.5. The number of hydrogen-bond acceptors (Lipinski definition) is 3. The molecule has 0 fully saturated rings. The van der Waals surface area contributed by atoms with Crippen molar-refractivity contribution in [2.45, 2.75) is 6.18 Å². The zero-order valence-corrected chi connectivity index (χ0v) is 12.4. The van der Waals surface area contributed by atoms with E-state index in [-0.39, 0.29) is 0 Å². The van der Waals surface area contributed by atoms with Crippen LogP contribution in [0.15, 0.2) is 78.2 Å². The van der Waals surface area contributed by atoms with E-state index in [1.165, 1.54) is 30.7 Å². The Bertz CT molecular complexity index is 827. The Morgan fingerprint density at radius 1 is 0.833 bits per heavy atom. The molecular formula is C18H12F3N3. The molecule has 0 atom stereocenters. The first-order valence-corrected chi connectivity index (χ1v) is 7.12. The Morgan fingerprint density at radius 3 is 2.08 bits per heavy atom. The molecule has 0 unspecified atom stereocenters. The molecule has 0 radical (unpaired) electrons. The van der Waals surface area contributed by atoms with Crippen LogP contribution in [0.2, 0.25) is 0 Å². The summed E-state index contributed by atoms with van der Waals surface area (Å²) in [5.74, 6) is 0.385. The molecular weight excluding hydrogens is 315 g/mol. The molecule has 0 bridgehead atoms. The monoisotopic (exact) mass is 327 g/mol. The van der Waals surface area contributed by atoms with Gasteiger partial charge in [0.05, 0.1) is 17.5 Å². The van der Waals surface area contributed by atoms with E-state index in [9.17, 15) is 13.2 Å². The van der Waals surface area contributed by atoms with Crippen LogP contribution in [0.3, 0.4) is 0 Å². The maximum absolute atomic E-state index is 12.7. The van der Waals surface area contributed by atoms with Gasteiger partial charge in [0.1, 0.15) is 0 Å². The van der Waals surface area contributed by atoms with Crippen LogP contribution in [0.5, 0.6) is 0 Å². The van der Waals surface area contributed by atoms with Crippen LogP contribution in [-0.4, -0.2) is 15.7 Å². The van der Waals surface area contributed by atoms with Gasteiger partial charge in [-0.3, -0.25) is 4.98 Å². The summed E-state index contributed by atoms with van der Waals surface area (Å²) in [6.45, 7) is 0. The summed E-state index contributed by atoms with van der Waals surface area (Å²) < 4.78 is 38.2. The maximum atomic E-state index is 12.7. The van der Waals surface area contributed by atoms with Gasteiger partial charge < -0.3 is 0 Å². The van der Waals surface area contributed by atoms with Gasteiger partial charge in [0.2, 0.25) is 0 Å². The second kappa shape index (κ2) is 6.62. The zero-order valence-electron chi connectivity index (χ0n) is 12.4. The van der Waals surface area contributed by atoms with E-state index in [0.717, 1.165) is 17.7 Å². The van der Waals surface area contributed by atoms with Crippen molar-refractivity contribution in [1.82, 2.24) is 9.97 Å². The highest BCUT2D eigenvalue weighted by Crippen LogP contribution is 2.29. The number of aromatic nitrogens is 2. The second-order valence-electron chi connectivity index (χ2n) is 4.97. The van der Waals surface area contributed by atoms with Crippen molar-refractivity contribution in [2.75, 3.05) is 0 Å². The fraction of sp³-hybridized carbons (Fsp3) is 0.0556. The summed E-state index contributed by atoms with van der Waals surface area (Å²) in [4.78, 5) is 12.5. The average Bonchev–Trinajstić information content (AvgIpc) is 2.61. The van der Waals surface area contributed by atoms with Gasteiger partial charge in [0, 0.05) is 23.5 Å². The molecule has 6 heteroatoms. The molecule has 3 aromatic rings. The van der Waals surface area contributed by atoms with Crippen LogP contribution in [0.1, 0.15) is 16.7 Å². The Labute approximate surface area is 136 Å². The van der Waals surface area contributed by atoms with Gasteiger partial charge >= 0.3 is 6.18 Å². The summed E-state index contributed by atoms with van der Waals surface area (Å²) in [5.41, 5.74) is 1.19. The minimum absolute atomic E-state index is 0.385. The summed E-state index contributed by atoms with van der Waals surface area (Å²) in [5, 5.41) is 0. The topological polar surface area (TPSA) is 38.1 Å². The Kier molecular flexibility index (Phi) is 4.37. The van der Waals surface area contributed by atoms with Crippen molar-refractivity contribution in [3.05, 3.63) is 89.9 Å². The second-order valence-corrected chi connectivity index (χ2v) is 4.97. The number of benzene rings is 2. The number of alkyl halides is 3. The van der Waals surface area contributed by atoms with Gasteiger partial charge in [-0.1, -0.05) is 42.5 Å². The van der Waals surface area contributed by atoms with E-state index in [2.05, 4.69) is 15.0 Å². The maximum Gasteiger partial charge on any atom is 0.416 e. The zero-order chi connectivity index (χ0) is 17.0. The molecule has 0 aliphatic rings. The minimum Gasteiger partial charge on any atom is -0.259 e. The van der Waals surface area contributed by atoms with E-state index >= 15 is 0 Å². The number of rotatable bonds is 3. The van der Waals surface area contributed by atoms with Crippen molar-refractivity contribution < 1.29 is 13.2 Å². The lowest BCUT2D eigenvalue weighted by molar-refractivity contribution is -0.137. The average molecular weight is 327 g/mol. The standard InChI is InChI=1S/C18H12F3N3/c19-18(20,21)15-8-6-14(7-9-15)17(13-4-2-1-3-5-13)24-16-12-22-10-11-23-16/h1-12H. The van der Waals surface area contributed by atoms with Gasteiger partial charge in [0.15, 0.2) is 5.82 Å². The summed E-state index contributed by atoms with van der Waals surface area (Å²) in [7, 11) is 0. The molecule has 0 aliphatic carbocycles. The SMILES string of the molecule is FC(F)(F)c1ccc(C(=Nc2cnccn2)c2ccccc2)cc1. The predicted molar refractivity (Wildman–Crippen MR) is 85.2 cm³/mol. The molecule has 24 heavy (non-hydrogen) atoms. The first-order valence-electron chi connectivity index (χ1n) is 7.12. The number of hydrogen-bond donors (Lipinski definition) is 0. The number of nitrogens with zero attached hydrogens (tertiary/aromatic N) is 3. The van der Waals surface area contributed by atoms with Gasteiger partial charge in [-0.15, -0.1) is 0 Å². The highest BCUT2D eigenvalue weighted by atomic mass is 19.4. The third kappa shape index (κ3) is 3.65. The van der Waals surface area contributed by atoms with Crippen LogP contribution in [0.4, 0.5) is 19.0 Å². The number of aliphatic imine (C=N–C) groups is 1. The van der Waals surface area contributed by atoms with Crippen molar-refractivity contribution in [3.63, 3.8) is 0 Å². The van der Waals surface area contributed by atoms with E-state index in [4.69, 9.17) is 0 Å². The minimum atomic E-state index is -4.37. The molecule has 0 saturated heterocycles. The molecule has 0 N–H and O–H groups in total. The van der Waals surface area contributed by atoms with Crippen LogP contribution in [0.25, 0.3) is 0 Å². The quantitative estimate of drug-likeness (QED) is 0.656. The Morgan fingerprint density at radius 2 is 1.50 bits per heavy atom. The Balaban J connectivity index is 2.07. The Hall–Kier alpha value is -3.02. The predicted octanol–water partition coefficient (Wildman–Crippen LogP) is 4.66. The van der Waals surface area contributed by atoms with E-state index in [1.54, 1.807) is 0 Å². The van der Waals surface area contributed by atoms with Gasteiger partial charge in [-0.2, -0.15) is 13.2 Å². The largest absolute Gasteiger partial charge is 0.416 e. The van der Waals surface area contributed by atoms with E-state index < -0.39 is 11.7 Å². The molecule has 0 amide bonds. The van der Waals surface area contributed by atoms with Crippen molar-refractivity contribution in [3.8, 4) is 0 Å². The fourth-order valence-electron chi connectivity index (χ4n) is 2.17. The summed E-state index contributed by atoms with van der Waals surface area (Å²) in [6, 6.07) is 14.1. The molecule has 2 aromatic carbocycles. The van der Waals surface area contributed by atoms with E-state index in [1.807, 2.05) is 30.3 Å². The smallest absolute Gasteiger partial charge is 0.259 e.